The minimum Gasteiger partial charge on any atom is -0.349 e. The molecule has 0 bridgehead atoms. The molecule has 0 aliphatic carbocycles. The Balaban J connectivity index is 2.41. The van der Waals surface area contributed by atoms with Crippen molar-refractivity contribution in [3.05, 3.63) is 74.2 Å². The molecule has 2 aromatic carbocycles. The Hall–Kier alpha value is -2.13. The second-order valence-corrected chi connectivity index (χ2v) is 11.1. The van der Waals surface area contributed by atoms with Crippen LogP contribution in [0.1, 0.15) is 39.9 Å². The summed E-state index contributed by atoms with van der Waals surface area (Å²) in [6.45, 7) is 1.11. The van der Waals surface area contributed by atoms with Crippen LogP contribution in [-0.4, -0.2) is 40.0 Å². The van der Waals surface area contributed by atoms with Gasteiger partial charge in [0, 0.05) is 37.7 Å². The number of alkyl halides is 9. The highest BCUT2D eigenvalue weighted by molar-refractivity contribution is 9.10. The van der Waals surface area contributed by atoms with Crippen molar-refractivity contribution in [2.45, 2.75) is 37.4 Å². The molecule has 2 rings (SSSR count). The normalized spacial score (nSPS) is 15.6. The lowest BCUT2D eigenvalue weighted by Gasteiger charge is -2.19. The summed E-state index contributed by atoms with van der Waals surface area (Å²) in [6, 6.07) is 3.23. The number of hydrogen-bond donors (Lipinski definition) is 1. The molecule has 216 valence electrons. The largest absolute Gasteiger partial charge is 0.417 e. The zero-order valence-corrected chi connectivity index (χ0v) is 22.5. The highest BCUT2D eigenvalue weighted by atomic mass is 79.9. The van der Waals surface area contributed by atoms with E-state index in [-0.39, 0.29) is 21.6 Å². The third kappa shape index (κ3) is 10.1. The lowest BCUT2D eigenvalue weighted by Crippen LogP contribution is -2.38. The van der Waals surface area contributed by atoms with E-state index < -0.39 is 86.8 Å². The lowest BCUT2D eigenvalue weighted by atomic mass is 9.95. The van der Waals surface area contributed by atoms with Crippen molar-refractivity contribution in [3.8, 4) is 0 Å². The van der Waals surface area contributed by atoms with Gasteiger partial charge in [-0.25, -0.2) is 4.39 Å². The van der Waals surface area contributed by atoms with Gasteiger partial charge < -0.3 is 5.32 Å². The SMILES string of the molecule is CC(CS(=O)CC(F)(F)F)NC(=O)c1ccc(/C(F)=C/C(c2cc(Cl)cc(Br)c2)C(F)(F)F)cc1C(F)(F)F. The molecule has 1 amide bonds. The fraction of sp³-hybridized carbons (Fsp3) is 0.348. The molecule has 0 radical (unpaired) electrons. The highest BCUT2D eigenvalue weighted by Crippen LogP contribution is 2.41. The molecule has 0 saturated carbocycles. The van der Waals surface area contributed by atoms with Crippen molar-refractivity contribution < 1.29 is 52.9 Å². The summed E-state index contributed by atoms with van der Waals surface area (Å²) in [5.74, 6) is -8.11. The fourth-order valence-corrected chi connectivity index (χ4v) is 5.38. The molecule has 0 fully saturated rings. The zero-order valence-electron chi connectivity index (χ0n) is 19.4. The van der Waals surface area contributed by atoms with Gasteiger partial charge in [0.25, 0.3) is 5.91 Å². The first-order valence-electron chi connectivity index (χ1n) is 10.5. The number of carbonyl (C=O) groups excluding carboxylic acids is 1. The predicted molar refractivity (Wildman–Crippen MR) is 129 cm³/mol. The number of amides is 1. The molecule has 39 heavy (non-hydrogen) atoms. The summed E-state index contributed by atoms with van der Waals surface area (Å²) in [5, 5.41) is 1.87. The lowest BCUT2D eigenvalue weighted by molar-refractivity contribution is -0.140. The van der Waals surface area contributed by atoms with Gasteiger partial charge in [0.2, 0.25) is 0 Å². The molecule has 3 atom stereocenters. The summed E-state index contributed by atoms with van der Waals surface area (Å²) in [7, 11) is -2.48. The summed E-state index contributed by atoms with van der Waals surface area (Å²) in [4.78, 5) is 12.4. The molecule has 3 unspecified atom stereocenters. The first-order valence-corrected chi connectivity index (χ1v) is 13.2. The average molecular weight is 677 g/mol. The van der Waals surface area contributed by atoms with E-state index in [0.29, 0.717) is 12.1 Å². The summed E-state index contributed by atoms with van der Waals surface area (Å²) in [5.41, 5.74) is -4.20. The Kier molecular flexibility index (Phi) is 10.7. The average Bonchev–Trinajstić information content (AvgIpc) is 2.73. The monoisotopic (exact) mass is 675 g/mol. The number of rotatable bonds is 8. The molecule has 0 spiro atoms. The minimum atomic E-state index is -5.27. The van der Waals surface area contributed by atoms with E-state index in [9.17, 15) is 52.9 Å². The van der Waals surface area contributed by atoms with Gasteiger partial charge in [-0.05, 0) is 48.9 Å². The van der Waals surface area contributed by atoms with Crippen LogP contribution in [0.4, 0.5) is 43.9 Å². The molecule has 3 nitrogen and oxygen atoms in total. The van der Waals surface area contributed by atoms with Crippen LogP contribution >= 0.6 is 27.5 Å². The van der Waals surface area contributed by atoms with Crippen LogP contribution in [0.2, 0.25) is 5.02 Å². The standard InChI is InChI=1S/C23H17BrClF10NO2S/c1-11(9-39(38)10-21(27,28)29)36-20(37)16-3-2-12(6-18(16)23(33,34)35)19(26)8-17(22(30,31)32)13-4-14(24)7-15(25)5-13/h2-8,11,17H,9-10H2,1H3,(H,36,37)/b19-8-. The third-order valence-electron chi connectivity index (χ3n) is 4.89. The number of nitrogens with one attached hydrogen (secondary N) is 1. The topological polar surface area (TPSA) is 46.2 Å². The molecule has 0 saturated heterocycles. The van der Waals surface area contributed by atoms with E-state index >= 15 is 0 Å². The maximum atomic E-state index is 14.9. The van der Waals surface area contributed by atoms with Crippen LogP contribution in [0.3, 0.4) is 0 Å². The second kappa shape index (κ2) is 12.6. The van der Waals surface area contributed by atoms with Crippen LogP contribution < -0.4 is 5.32 Å². The van der Waals surface area contributed by atoms with E-state index in [1.54, 1.807) is 0 Å². The third-order valence-corrected chi connectivity index (χ3v) is 7.09. The minimum absolute atomic E-state index is 0.0609. The quantitative estimate of drug-likeness (QED) is 0.287. The number of carbonyl (C=O) groups is 1. The Bertz CT molecular complexity index is 1240. The van der Waals surface area contributed by atoms with Crippen LogP contribution in [0.5, 0.6) is 0 Å². The number of benzene rings is 2. The number of halogens is 12. The van der Waals surface area contributed by atoms with Crippen LogP contribution in [-0.2, 0) is 17.0 Å². The van der Waals surface area contributed by atoms with Crippen molar-refractivity contribution in [2.24, 2.45) is 0 Å². The van der Waals surface area contributed by atoms with Gasteiger partial charge in [0.15, 0.2) is 0 Å². The molecule has 0 aromatic heterocycles. The molecule has 0 aliphatic rings. The van der Waals surface area contributed by atoms with Gasteiger partial charge in [0.05, 0.1) is 11.1 Å². The number of allylic oxidation sites excluding steroid dienone is 1. The maximum absolute atomic E-state index is 14.9. The van der Waals surface area contributed by atoms with Crippen LogP contribution in [0.15, 0.2) is 46.9 Å². The van der Waals surface area contributed by atoms with Gasteiger partial charge in [-0.2, -0.15) is 39.5 Å². The maximum Gasteiger partial charge on any atom is 0.417 e. The second-order valence-electron chi connectivity index (χ2n) is 8.24. The smallest absolute Gasteiger partial charge is 0.349 e. The van der Waals surface area contributed by atoms with Gasteiger partial charge in [-0.3, -0.25) is 9.00 Å². The van der Waals surface area contributed by atoms with E-state index in [1.807, 2.05) is 5.32 Å². The van der Waals surface area contributed by atoms with Crippen molar-refractivity contribution in [1.29, 1.82) is 0 Å². The van der Waals surface area contributed by atoms with Crippen LogP contribution in [0.25, 0.3) is 5.83 Å². The number of hydrogen-bond acceptors (Lipinski definition) is 2. The van der Waals surface area contributed by atoms with Crippen molar-refractivity contribution in [3.63, 3.8) is 0 Å². The van der Waals surface area contributed by atoms with E-state index in [2.05, 4.69) is 15.9 Å². The van der Waals surface area contributed by atoms with Gasteiger partial charge in [-0.1, -0.05) is 33.6 Å². The summed E-state index contributed by atoms with van der Waals surface area (Å²) >= 11 is 8.72. The first kappa shape index (κ1) is 33.1. The Morgan fingerprint density at radius 2 is 1.67 bits per heavy atom. The Morgan fingerprint density at radius 3 is 2.18 bits per heavy atom. The highest BCUT2D eigenvalue weighted by Gasteiger charge is 2.41. The van der Waals surface area contributed by atoms with E-state index in [1.165, 1.54) is 6.07 Å². The van der Waals surface area contributed by atoms with E-state index in [4.69, 9.17) is 11.6 Å². The van der Waals surface area contributed by atoms with Gasteiger partial charge >= 0.3 is 18.5 Å². The van der Waals surface area contributed by atoms with Crippen LogP contribution in [0, 0.1) is 0 Å². The molecule has 2 aromatic rings. The Labute approximate surface area is 231 Å². The van der Waals surface area contributed by atoms with Crippen molar-refractivity contribution in [1.82, 2.24) is 5.32 Å². The molecular weight excluding hydrogens is 660 g/mol. The summed E-state index contributed by atoms with van der Waals surface area (Å²) in [6.07, 6.45) is -15.0. The Morgan fingerprint density at radius 1 is 1.05 bits per heavy atom. The molecule has 16 heteroatoms. The molecule has 0 aliphatic heterocycles. The van der Waals surface area contributed by atoms with Crippen molar-refractivity contribution >= 4 is 50.1 Å². The first-order chi connectivity index (χ1) is 17.7. The summed E-state index contributed by atoms with van der Waals surface area (Å²) < 4.78 is 146. The zero-order chi connectivity index (χ0) is 29.9. The van der Waals surface area contributed by atoms with Gasteiger partial charge in [0.1, 0.15) is 17.5 Å². The molecule has 0 heterocycles. The molecule has 1 N–H and O–H groups in total. The molecular formula is C23H17BrClF10NO2S. The predicted octanol–water partition coefficient (Wildman–Crippen LogP) is 8.21. The van der Waals surface area contributed by atoms with Crippen molar-refractivity contribution in [2.75, 3.05) is 11.5 Å². The van der Waals surface area contributed by atoms with Gasteiger partial charge in [-0.15, -0.1) is 0 Å². The fourth-order valence-electron chi connectivity index (χ4n) is 3.37. The van der Waals surface area contributed by atoms with E-state index in [0.717, 1.165) is 19.1 Å².